The molecule has 2 heterocycles. The van der Waals surface area contributed by atoms with Crippen LogP contribution in [0.25, 0.3) is 6.08 Å². The molecule has 0 aliphatic carbocycles. The molecule has 5 heteroatoms. The molecule has 1 amide bonds. The molecule has 0 atom stereocenters. The molecule has 2 rings (SSSR count). The highest BCUT2D eigenvalue weighted by Gasteiger charge is 2.32. The number of thiocarbonyl (C=S) groups is 1. The van der Waals surface area contributed by atoms with Crippen molar-refractivity contribution >= 4 is 29.3 Å². The van der Waals surface area contributed by atoms with E-state index in [1.807, 2.05) is 12.1 Å². The second kappa shape index (κ2) is 4.02. The predicted octanol–water partition coefficient (Wildman–Crippen LogP) is 1.11. The molecule has 0 radical (unpaired) electrons. The Labute approximate surface area is 99.2 Å². The lowest BCUT2D eigenvalue weighted by atomic mass is 10.2. The Balaban J connectivity index is 2.39. The summed E-state index contributed by atoms with van der Waals surface area (Å²) < 4.78 is 0. The zero-order valence-electron chi connectivity index (χ0n) is 9.04. The van der Waals surface area contributed by atoms with Gasteiger partial charge in [0.15, 0.2) is 5.11 Å². The Morgan fingerprint density at radius 3 is 2.38 bits per heavy atom. The van der Waals surface area contributed by atoms with Crippen LogP contribution in [-0.4, -0.2) is 39.9 Å². The highest BCUT2D eigenvalue weighted by atomic mass is 32.1. The summed E-state index contributed by atoms with van der Waals surface area (Å²) in [6.07, 6.45) is 5.18. The minimum atomic E-state index is -0.0793. The Morgan fingerprint density at radius 2 is 1.88 bits per heavy atom. The van der Waals surface area contributed by atoms with Crippen molar-refractivity contribution < 1.29 is 4.79 Å². The molecule has 0 bridgehead atoms. The van der Waals surface area contributed by atoms with Gasteiger partial charge in [0, 0.05) is 26.5 Å². The summed E-state index contributed by atoms with van der Waals surface area (Å²) in [6, 6.07) is 3.69. The Bertz CT molecular complexity index is 469. The highest BCUT2D eigenvalue weighted by Crippen LogP contribution is 2.20. The number of aromatic nitrogens is 1. The van der Waals surface area contributed by atoms with Crippen LogP contribution < -0.4 is 0 Å². The third-order valence-electron chi connectivity index (χ3n) is 2.47. The van der Waals surface area contributed by atoms with Crippen LogP contribution in [0, 0.1) is 0 Å². The van der Waals surface area contributed by atoms with Gasteiger partial charge >= 0.3 is 0 Å². The zero-order chi connectivity index (χ0) is 11.7. The summed E-state index contributed by atoms with van der Waals surface area (Å²) >= 11 is 5.11. The van der Waals surface area contributed by atoms with Crippen LogP contribution in [0.2, 0.25) is 0 Å². The summed E-state index contributed by atoms with van der Waals surface area (Å²) in [5.74, 6) is -0.0793. The number of rotatable bonds is 1. The van der Waals surface area contributed by atoms with Crippen LogP contribution in [-0.2, 0) is 4.79 Å². The van der Waals surface area contributed by atoms with Gasteiger partial charge in [-0.05, 0) is 36.0 Å². The molecular formula is C11H11N3OS. The highest BCUT2D eigenvalue weighted by molar-refractivity contribution is 7.80. The number of amides is 1. The number of carbonyl (C=O) groups excluding carboxylic acids is 1. The van der Waals surface area contributed by atoms with E-state index in [0.717, 1.165) is 5.56 Å². The van der Waals surface area contributed by atoms with Crippen LogP contribution in [0.5, 0.6) is 0 Å². The summed E-state index contributed by atoms with van der Waals surface area (Å²) in [4.78, 5) is 18.9. The van der Waals surface area contributed by atoms with Gasteiger partial charge in [0.05, 0.1) is 0 Å². The third-order valence-corrected chi connectivity index (χ3v) is 3.02. The minimum absolute atomic E-state index is 0.0793. The lowest BCUT2D eigenvalue weighted by Gasteiger charge is -2.10. The maximum atomic E-state index is 11.8. The standard InChI is InChI=1S/C11H11N3OS/c1-13-9(10(15)14(2)11(13)16)7-8-3-5-12-6-4-8/h3-7H,1-2H3. The van der Waals surface area contributed by atoms with Crippen molar-refractivity contribution in [3.63, 3.8) is 0 Å². The molecule has 0 saturated carbocycles. The van der Waals surface area contributed by atoms with Crippen LogP contribution >= 0.6 is 12.2 Å². The van der Waals surface area contributed by atoms with Gasteiger partial charge in [-0.1, -0.05) is 0 Å². The van der Waals surface area contributed by atoms with E-state index in [0.29, 0.717) is 10.8 Å². The van der Waals surface area contributed by atoms with Crippen molar-refractivity contribution in [2.45, 2.75) is 0 Å². The molecule has 1 aromatic rings. The second-order valence-electron chi connectivity index (χ2n) is 3.52. The maximum Gasteiger partial charge on any atom is 0.276 e. The molecule has 16 heavy (non-hydrogen) atoms. The first-order valence-electron chi connectivity index (χ1n) is 4.78. The minimum Gasteiger partial charge on any atom is -0.317 e. The molecule has 1 aliphatic rings. The molecule has 4 nitrogen and oxygen atoms in total. The van der Waals surface area contributed by atoms with Crippen LogP contribution in [0.3, 0.4) is 0 Å². The molecule has 82 valence electrons. The van der Waals surface area contributed by atoms with Gasteiger partial charge < -0.3 is 4.90 Å². The van der Waals surface area contributed by atoms with E-state index < -0.39 is 0 Å². The third kappa shape index (κ3) is 1.69. The monoisotopic (exact) mass is 233 g/mol. The lowest BCUT2D eigenvalue weighted by Crippen LogP contribution is -2.26. The summed E-state index contributed by atoms with van der Waals surface area (Å²) in [5.41, 5.74) is 1.52. The van der Waals surface area contributed by atoms with Crippen molar-refractivity contribution in [2.75, 3.05) is 14.1 Å². The summed E-state index contributed by atoms with van der Waals surface area (Å²) in [6.45, 7) is 0. The average Bonchev–Trinajstić information content (AvgIpc) is 2.48. The molecule has 0 unspecified atom stereocenters. The second-order valence-corrected chi connectivity index (χ2v) is 3.88. The molecule has 1 aliphatic heterocycles. The van der Waals surface area contributed by atoms with Crippen molar-refractivity contribution in [3.8, 4) is 0 Å². The van der Waals surface area contributed by atoms with Crippen LogP contribution in [0.15, 0.2) is 30.2 Å². The number of likely N-dealkylation sites (N-methyl/N-ethyl adjacent to an activating group) is 2. The van der Waals surface area contributed by atoms with Gasteiger partial charge in [0.2, 0.25) is 0 Å². The van der Waals surface area contributed by atoms with Gasteiger partial charge in [-0.15, -0.1) is 0 Å². The Hall–Kier alpha value is -1.75. The number of hydrogen-bond acceptors (Lipinski definition) is 3. The van der Waals surface area contributed by atoms with Gasteiger partial charge in [0.1, 0.15) is 5.70 Å². The predicted molar refractivity (Wildman–Crippen MR) is 65.3 cm³/mol. The largest absolute Gasteiger partial charge is 0.317 e. The molecule has 1 fully saturated rings. The van der Waals surface area contributed by atoms with Gasteiger partial charge in [-0.25, -0.2) is 0 Å². The van der Waals surface area contributed by atoms with Gasteiger partial charge in [-0.3, -0.25) is 14.7 Å². The lowest BCUT2D eigenvalue weighted by molar-refractivity contribution is -0.121. The first-order chi connectivity index (χ1) is 7.61. The summed E-state index contributed by atoms with van der Waals surface area (Å²) in [5, 5.41) is 0.519. The number of hydrogen-bond donors (Lipinski definition) is 0. The maximum absolute atomic E-state index is 11.8. The van der Waals surface area contributed by atoms with E-state index >= 15 is 0 Å². The fourth-order valence-corrected chi connectivity index (χ4v) is 1.69. The number of carbonyl (C=O) groups is 1. The average molecular weight is 233 g/mol. The topological polar surface area (TPSA) is 36.4 Å². The molecule has 0 N–H and O–H groups in total. The van der Waals surface area contributed by atoms with E-state index in [1.165, 1.54) is 4.90 Å². The van der Waals surface area contributed by atoms with Crippen molar-refractivity contribution in [2.24, 2.45) is 0 Å². The first kappa shape index (κ1) is 10.8. The summed E-state index contributed by atoms with van der Waals surface area (Å²) in [7, 11) is 3.46. The fraction of sp³-hybridized carbons (Fsp3) is 0.182. The van der Waals surface area contributed by atoms with Crippen molar-refractivity contribution in [1.29, 1.82) is 0 Å². The molecule has 1 aromatic heterocycles. The normalized spacial score (nSPS) is 18.8. The number of pyridine rings is 1. The van der Waals surface area contributed by atoms with E-state index in [2.05, 4.69) is 4.98 Å². The SMILES string of the molecule is CN1C(=O)C(=Cc2ccncc2)N(C)C1=S. The van der Waals surface area contributed by atoms with E-state index in [4.69, 9.17) is 12.2 Å². The Morgan fingerprint density at radius 1 is 1.25 bits per heavy atom. The molecule has 0 aromatic carbocycles. The van der Waals surface area contributed by atoms with Gasteiger partial charge in [0.25, 0.3) is 5.91 Å². The fourth-order valence-electron chi connectivity index (χ4n) is 1.51. The zero-order valence-corrected chi connectivity index (χ0v) is 9.86. The first-order valence-corrected chi connectivity index (χ1v) is 5.19. The van der Waals surface area contributed by atoms with Crippen molar-refractivity contribution in [1.82, 2.24) is 14.8 Å². The Kier molecular flexibility index (Phi) is 2.70. The molecule has 0 spiro atoms. The van der Waals surface area contributed by atoms with Crippen molar-refractivity contribution in [3.05, 3.63) is 35.8 Å². The molecule has 1 saturated heterocycles. The van der Waals surface area contributed by atoms with Crippen LogP contribution in [0.1, 0.15) is 5.56 Å². The smallest absolute Gasteiger partial charge is 0.276 e. The van der Waals surface area contributed by atoms with E-state index in [9.17, 15) is 4.79 Å². The van der Waals surface area contributed by atoms with E-state index in [1.54, 1.807) is 37.5 Å². The quantitative estimate of drug-likeness (QED) is 0.538. The molecular weight excluding hydrogens is 222 g/mol. The van der Waals surface area contributed by atoms with Gasteiger partial charge in [-0.2, -0.15) is 0 Å². The number of nitrogens with zero attached hydrogens (tertiary/aromatic N) is 3. The van der Waals surface area contributed by atoms with Crippen LogP contribution in [0.4, 0.5) is 0 Å². The van der Waals surface area contributed by atoms with E-state index in [-0.39, 0.29) is 5.91 Å².